The van der Waals surface area contributed by atoms with Crippen molar-refractivity contribution >= 4 is 16.9 Å². The van der Waals surface area contributed by atoms with Crippen molar-refractivity contribution in [1.29, 1.82) is 0 Å². The van der Waals surface area contributed by atoms with Gasteiger partial charge in [0.1, 0.15) is 0 Å². The fraction of sp³-hybridized carbons (Fsp3) is 0.567. The molecule has 0 saturated carbocycles. The molecule has 2 aliphatic heterocycles. The predicted molar refractivity (Wildman–Crippen MR) is 149 cm³/mol. The molecular formula is C30H41N5O3. The van der Waals surface area contributed by atoms with E-state index in [1.807, 2.05) is 28.5 Å². The van der Waals surface area contributed by atoms with Crippen molar-refractivity contribution < 1.29 is 9.53 Å². The number of pyridine rings is 1. The third-order valence-corrected chi connectivity index (χ3v) is 8.23. The Kier molecular flexibility index (Phi) is 8.59. The number of likely N-dealkylation sites (tertiary alicyclic amines) is 2. The molecule has 204 valence electrons. The van der Waals surface area contributed by atoms with Crippen molar-refractivity contribution in [3.63, 3.8) is 0 Å². The largest absolute Gasteiger partial charge is 0.382 e. The smallest absolute Gasteiger partial charge is 0.329 e. The molecule has 0 unspecified atom stereocenters. The van der Waals surface area contributed by atoms with Crippen LogP contribution in [0.5, 0.6) is 0 Å². The van der Waals surface area contributed by atoms with Gasteiger partial charge in [-0.2, -0.15) is 0 Å². The first kappa shape index (κ1) is 26.6. The second kappa shape index (κ2) is 12.3. The predicted octanol–water partition coefficient (Wildman–Crippen LogP) is 4.01. The Morgan fingerprint density at radius 2 is 1.74 bits per heavy atom. The summed E-state index contributed by atoms with van der Waals surface area (Å²) in [5.74, 6) is 0.409. The summed E-state index contributed by atoms with van der Waals surface area (Å²) in [6, 6.07) is 10.5. The number of aromatic nitrogens is 3. The van der Waals surface area contributed by atoms with Crippen LogP contribution in [0.3, 0.4) is 0 Å². The number of ether oxygens (including phenoxy) is 1. The van der Waals surface area contributed by atoms with Crippen molar-refractivity contribution in [3.8, 4) is 0 Å². The molecule has 5 rings (SSSR count). The number of fused-ring (bicyclic) bond motifs is 1. The van der Waals surface area contributed by atoms with Crippen molar-refractivity contribution in [2.24, 2.45) is 5.92 Å². The lowest BCUT2D eigenvalue weighted by molar-refractivity contribution is -0.138. The molecule has 0 N–H and O–H groups in total. The summed E-state index contributed by atoms with van der Waals surface area (Å²) >= 11 is 0. The number of amides is 1. The first-order chi connectivity index (χ1) is 18.5. The second-order valence-corrected chi connectivity index (χ2v) is 10.8. The number of benzene rings is 1. The maximum absolute atomic E-state index is 13.6. The molecule has 2 saturated heterocycles. The van der Waals surface area contributed by atoms with Gasteiger partial charge in [0.15, 0.2) is 0 Å². The highest BCUT2D eigenvalue weighted by molar-refractivity contribution is 5.79. The minimum absolute atomic E-state index is 0.0634. The number of nitrogens with zero attached hydrogens (tertiary/aromatic N) is 5. The van der Waals surface area contributed by atoms with E-state index in [-0.39, 0.29) is 17.6 Å². The molecule has 2 aromatic heterocycles. The summed E-state index contributed by atoms with van der Waals surface area (Å²) in [7, 11) is 0. The number of carbonyl (C=O) groups is 1. The Labute approximate surface area is 225 Å². The van der Waals surface area contributed by atoms with E-state index in [1.165, 1.54) is 5.56 Å². The monoisotopic (exact) mass is 519 g/mol. The summed E-state index contributed by atoms with van der Waals surface area (Å²) < 4.78 is 9.42. The molecule has 4 heterocycles. The highest BCUT2D eigenvalue weighted by atomic mass is 16.5. The Morgan fingerprint density at radius 1 is 1.00 bits per heavy atom. The van der Waals surface area contributed by atoms with Gasteiger partial charge in [0.2, 0.25) is 5.91 Å². The number of rotatable bonds is 9. The van der Waals surface area contributed by atoms with Crippen molar-refractivity contribution in [3.05, 3.63) is 64.3 Å². The summed E-state index contributed by atoms with van der Waals surface area (Å²) in [6.07, 6.45) is 7.96. The van der Waals surface area contributed by atoms with E-state index in [1.54, 1.807) is 0 Å². The van der Waals surface area contributed by atoms with Gasteiger partial charge in [-0.1, -0.05) is 6.07 Å². The molecule has 2 aliphatic rings. The number of piperidine rings is 2. The molecule has 0 spiro atoms. The lowest BCUT2D eigenvalue weighted by Crippen LogP contribution is -2.46. The maximum atomic E-state index is 13.6. The van der Waals surface area contributed by atoms with E-state index < -0.39 is 0 Å². The SMILES string of the molecule is CCOCCCn1c(=O)n(C2CCN(C(=O)C3CCN(Cc4ccncc4)CC3)CC2)c2ccc(C)cc21. The lowest BCUT2D eigenvalue weighted by atomic mass is 9.93. The van der Waals surface area contributed by atoms with E-state index >= 15 is 0 Å². The highest BCUT2D eigenvalue weighted by Gasteiger charge is 2.32. The minimum Gasteiger partial charge on any atom is -0.382 e. The van der Waals surface area contributed by atoms with Gasteiger partial charge in [-0.3, -0.25) is 23.8 Å². The van der Waals surface area contributed by atoms with Gasteiger partial charge >= 0.3 is 5.69 Å². The summed E-state index contributed by atoms with van der Waals surface area (Å²) in [5, 5.41) is 0. The van der Waals surface area contributed by atoms with Gasteiger partial charge in [-0.15, -0.1) is 0 Å². The minimum atomic E-state index is 0.0634. The molecule has 0 atom stereocenters. The van der Waals surface area contributed by atoms with Crippen LogP contribution in [0.15, 0.2) is 47.5 Å². The molecule has 0 radical (unpaired) electrons. The van der Waals surface area contributed by atoms with Gasteiger partial charge in [0, 0.05) is 63.7 Å². The molecular weight excluding hydrogens is 478 g/mol. The molecule has 8 heteroatoms. The van der Waals surface area contributed by atoms with Gasteiger partial charge in [0.05, 0.1) is 11.0 Å². The van der Waals surface area contributed by atoms with Crippen LogP contribution in [-0.4, -0.2) is 69.2 Å². The molecule has 1 amide bonds. The average molecular weight is 520 g/mol. The van der Waals surface area contributed by atoms with Crippen LogP contribution in [0.25, 0.3) is 11.0 Å². The third kappa shape index (κ3) is 5.86. The second-order valence-electron chi connectivity index (χ2n) is 10.8. The number of hydrogen-bond donors (Lipinski definition) is 0. The molecule has 1 aromatic carbocycles. The quantitative estimate of drug-likeness (QED) is 0.400. The zero-order valence-electron chi connectivity index (χ0n) is 22.8. The Bertz CT molecular complexity index is 1270. The molecule has 38 heavy (non-hydrogen) atoms. The first-order valence-electron chi connectivity index (χ1n) is 14.2. The van der Waals surface area contributed by atoms with Crippen LogP contribution in [0, 0.1) is 12.8 Å². The fourth-order valence-electron chi connectivity index (χ4n) is 6.11. The van der Waals surface area contributed by atoms with Crippen LogP contribution in [0.4, 0.5) is 0 Å². The van der Waals surface area contributed by atoms with Crippen molar-refractivity contribution in [1.82, 2.24) is 23.9 Å². The van der Waals surface area contributed by atoms with Crippen molar-refractivity contribution in [2.45, 2.75) is 65.1 Å². The molecule has 8 nitrogen and oxygen atoms in total. The van der Waals surface area contributed by atoms with E-state index in [2.05, 4.69) is 52.0 Å². The summed E-state index contributed by atoms with van der Waals surface area (Å²) in [4.78, 5) is 35.5. The summed E-state index contributed by atoms with van der Waals surface area (Å²) in [6.45, 7) is 10.3. The van der Waals surface area contributed by atoms with Crippen LogP contribution >= 0.6 is 0 Å². The summed E-state index contributed by atoms with van der Waals surface area (Å²) in [5.41, 5.74) is 4.49. The van der Waals surface area contributed by atoms with Crippen molar-refractivity contribution in [2.75, 3.05) is 39.4 Å². The van der Waals surface area contributed by atoms with Gasteiger partial charge < -0.3 is 9.64 Å². The highest BCUT2D eigenvalue weighted by Crippen LogP contribution is 2.29. The normalized spacial score (nSPS) is 17.9. The standard InChI is InChI=1S/C30H41N5O3/c1-3-38-20-4-15-34-28-21-23(2)5-6-27(28)35(30(34)37)26-11-18-33(19-12-26)29(36)25-9-16-32(17-10-25)22-24-7-13-31-14-8-24/h5-8,13-14,21,25-26H,3-4,9-12,15-20,22H2,1-2H3. The van der Waals surface area contributed by atoms with Crippen LogP contribution in [-0.2, 0) is 22.6 Å². The molecule has 0 aliphatic carbocycles. The van der Waals surface area contributed by atoms with E-state index in [9.17, 15) is 9.59 Å². The van der Waals surface area contributed by atoms with Gasteiger partial charge in [-0.25, -0.2) is 4.79 Å². The Hall–Kier alpha value is -2.97. The molecule has 0 bridgehead atoms. The topological polar surface area (TPSA) is 72.6 Å². The van der Waals surface area contributed by atoms with Crippen LogP contribution in [0.2, 0.25) is 0 Å². The molecule has 3 aromatic rings. The van der Waals surface area contributed by atoms with E-state index in [0.29, 0.717) is 25.7 Å². The average Bonchev–Trinajstić information content (AvgIpc) is 3.22. The van der Waals surface area contributed by atoms with Gasteiger partial charge in [0.25, 0.3) is 0 Å². The van der Waals surface area contributed by atoms with Gasteiger partial charge in [-0.05, 0) is 94.4 Å². The number of imidazole rings is 1. The first-order valence-corrected chi connectivity index (χ1v) is 14.2. The number of aryl methyl sites for hydroxylation is 2. The Balaban J connectivity index is 1.20. The zero-order chi connectivity index (χ0) is 26.5. The number of carbonyl (C=O) groups excluding carboxylic acids is 1. The molecule has 2 fully saturated rings. The van der Waals surface area contributed by atoms with E-state index in [4.69, 9.17) is 4.74 Å². The fourth-order valence-corrected chi connectivity index (χ4v) is 6.11. The maximum Gasteiger partial charge on any atom is 0.329 e. The zero-order valence-corrected chi connectivity index (χ0v) is 22.8. The van der Waals surface area contributed by atoms with Crippen LogP contribution in [0.1, 0.15) is 56.2 Å². The number of hydrogen-bond acceptors (Lipinski definition) is 5. The van der Waals surface area contributed by atoms with Crippen LogP contribution < -0.4 is 5.69 Å². The van der Waals surface area contributed by atoms with E-state index in [0.717, 1.165) is 81.4 Å². The lowest BCUT2D eigenvalue weighted by Gasteiger charge is -2.37. The Morgan fingerprint density at radius 3 is 2.45 bits per heavy atom. The third-order valence-electron chi connectivity index (χ3n) is 8.23.